The van der Waals surface area contributed by atoms with E-state index in [0.29, 0.717) is 29.5 Å². The first-order valence-corrected chi connectivity index (χ1v) is 7.78. The average molecular weight is 293 g/mol. The fourth-order valence-corrected chi connectivity index (χ4v) is 2.94. The number of hydrogen-bond donors (Lipinski definition) is 2. The summed E-state index contributed by atoms with van der Waals surface area (Å²) in [6, 6.07) is 0. The van der Waals surface area contributed by atoms with Crippen LogP contribution in [-0.2, 0) is 7.05 Å². The van der Waals surface area contributed by atoms with Gasteiger partial charge in [-0.3, -0.25) is 9.48 Å². The van der Waals surface area contributed by atoms with E-state index in [1.807, 2.05) is 6.92 Å². The molecule has 0 aromatic carbocycles. The Bertz CT molecular complexity index is 490. The molecule has 118 valence electrons. The minimum absolute atomic E-state index is 0.138. The number of carbonyl (C=O) groups excluding carboxylic acids is 1. The van der Waals surface area contributed by atoms with Crippen LogP contribution in [0.25, 0.3) is 0 Å². The molecule has 3 N–H and O–H groups in total. The fraction of sp³-hybridized carbons (Fsp3) is 0.733. The monoisotopic (exact) mass is 293 g/mol. The number of aromatic nitrogens is 2. The van der Waals surface area contributed by atoms with Crippen molar-refractivity contribution in [3.05, 3.63) is 11.4 Å². The number of aryl methyl sites for hydroxylation is 2. The molecule has 2 rings (SSSR count). The van der Waals surface area contributed by atoms with Crippen LogP contribution in [0.2, 0.25) is 0 Å². The van der Waals surface area contributed by atoms with Crippen molar-refractivity contribution >= 4 is 11.6 Å². The summed E-state index contributed by atoms with van der Waals surface area (Å²) in [6.45, 7) is 8.06. The summed E-state index contributed by atoms with van der Waals surface area (Å²) in [5.74, 6) is 0.295. The zero-order valence-electron chi connectivity index (χ0n) is 13.4. The predicted octanol–water partition coefficient (Wildman–Crippen LogP) is 1.16. The molecule has 1 aromatic heterocycles. The Balaban J connectivity index is 1.83. The Morgan fingerprint density at radius 3 is 2.62 bits per heavy atom. The molecule has 1 unspecified atom stereocenters. The van der Waals surface area contributed by atoms with E-state index in [1.54, 1.807) is 11.7 Å². The van der Waals surface area contributed by atoms with E-state index < -0.39 is 0 Å². The highest BCUT2D eigenvalue weighted by Crippen LogP contribution is 2.15. The van der Waals surface area contributed by atoms with Crippen molar-refractivity contribution in [2.24, 2.45) is 13.0 Å². The highest BCUT2D eigenvalue weighted by atomic mass is 16.2. The standard InChI is InChI=1S/C15H27N5O/c1-11(10-20-7-5-4-6-8-20)9-17-15(21)14-13(16)12(2)18-19(14)3/h11H,4-10,16H2,1-3H3,(H,17,21). The molecule has 1 amide bonds. The first-order valence-electron chi connectivity index (χ1n) is 7.78. The van der Waals surface area contributed by atoms with Crippen molar-refractivity contribution in [2.75, 3.05) is 31.9 Å². The van der Waals surface area contributed by atoms with Gasteiger partial charge in [-0.15, -0.1) is 0 Å². The molecule has 1 atom stereocenters. The molecule has 0 spiro atoms. The lowest BCUT2D eigenvalue weighted by molar-refractivity contribution is 0.0934. The van der Waals surface area contributed by atoms with E-state index in [0.717, 1.165) is 6.54 Å². The summed E-state index contributed by atoms with van der Waals surface area (Å²) < 4.78 is 1.55. The van der Waals surface area contributed by atoms with Crippen LogP contribution in [0.5, 0.6) is 0 Å². The van der Waals surface area contributed by atoms with E-state index in [-0.39, 0.29) is 5.91 Å². The van der Waals surface area contributed by atoms with Crippen LogP contribution in [0.15, 0.2) is 0 Å². The third-order valence-corrected chi connectivity index (χ3v) is 4.11. The van der Waals surface area contributed by atoms with Crippen LogP contribution in [-0.4, -0.2) is 46.8 Å². The average Bonchev–Trinajstić information content (AvgIpc) is 2.71. The van der Waals surface area contributed by atoms with Gasteiger partial charge < -0.3 is 16.0 Å². The Morgan fingerprint density at radius 1 is 1.38 bits per heavy atom. The molecule has 0 bridgehead atoms. The summed E-state index contributed by atoms with van der Waals surface area (Å²) in [5.41, 5.74) is 7.53. The second kappa shape index (κ2) is 6.93. The molecule has 1 aliphatic heterocycles. The normalized spacial score (nSPS) is 17.7. The van der Waals surface area contributed by atoms with Crippen molar-refractivity contribution in [3.63, 3.8) is 0 Å². The molecule has 0 aliphatic carbocycles. The van der Waals surface area contributed by atoms with Crippen LogP contribution in [0.1, 0.15) is 42.4 Å². The van der Waals surface area contributed by atoms with E-state index in [2.05, 4.69) is 22.2 Å². The highest BCUT2D eigenvalue weighted by Gasteiger charge is 2.19. The van der Waals surface area contributed by atoms with Gasteiger partial charge in [0, 0.05) is 20.1 Å². The van der Waals surface area contributed by atoms with Crippen molar-refractivity contribution in [2.45, 2.75) is 33.1 Å². The van der Waals surface area contributed by atoms with Gasteiger partial charge in [0.15, 0.2) is 0 Å². The summed E-state index contributed by atoms with van der Waals surface area (Å²) in [6.07, 6.45) is 3.94. The van der Waals surface area contributed by atoms with E-state index >= 15 is 0 Å². The number of nitrogens with zero attached hydrogens (tertiary/aromatic N) is 3. The highest BCUT2D eigenvalue weighted by molar-refractivity contribution is 5.97. The maximum atomic E-state index is 12.2. The zero-order valence-corrected chi connectivity index (χ0v) is 13.4. The summed E-state index contributed by atoms with van der Waals surface area (Å²) in [7, 11) is 1.75. The largest absolute Gasteiger partial charge is 0.395 e. The number of nitrogens with one attached hydrogen (secondary N) is 1. The second-order valence-electron chi connectivity index (χ2n) is 6.15. The number of carbonyl (C=O) groups is 1. The molecule has 2 heterocycles. The summed E-state index contributed by atoms with van der Waals surface area (Å²) in [4.78, 5) is 14.7. The molecular weight excluding hydrogens is 266 g/mol. The summed E-state index contributed by atoms with van der Waals surface area (Å²) in [5, 5.41) is 7.15. The number of nitrogen functional groups attached to an aromatic ring is 1. The Morgan fingerprint density at radius 2 is 2.05 bits per heavy atom. The molecule has 1 fully saturated rings. The first-order chi connectivity index (χ1) is 9.99. The summed E-state index contributed by atoms with van der Waals surface area (Å²) >= 11 is 0. The number of nitrogens with two attached hydrogens (primary N) is 1. The van der Waals surface area contributed by atoms with Crippen LogP contribution in [0.3, 0.4) is 0 Å². The maximum Gasteiger partial charge on any atom is 0.271 e. The Hall–Kier alpha value is -1.56. The molecule has 1 aromatic rings. The topological polar surface area (TPSA) is 76.2 Å². The quantitative estimate of drug-likeness (QED) is 0.854. The van der Waals surface area contributed by atoms with Crippen LogP contribution in [0.4, 0.5) is 5.69 Å². The van der Waals surface area contributed by atoms with Crippen LogP contribution >= 0.6 is 0 Å². The number of rotatable bonds is 5. The van der Waals surface area contributed by atoms with Gasteiger partial charge in [-0.1, -0.05) is 13.3 Å². The van der Waals surface area contributed by atoms with E-state index in [1.165, 1.54) is 32.4 Å². The molecule has 6 heteroatoms. The zero-order chi connectivity index (χ0) is 15.4. The number of piperidine rings is 1. The third-order valence-electron chi connectivity index (χ3n) is 4.11. The molecule has 21 heavy (non-hydrogen) atoms. The lowest BCUT2D eigenvalue weighted by Crippen LogP contribution is -2.38. The van der Waals surface area contributed by atoms with Gasteiger partial charge in [-0.05, 0) is 38.8 Å². The van der Waals surface area contributed by atoms with E-state index in [4.69, 9.17) is 5.73 Å². The van der Waals surface area contributed by atoms with Crippen LogP contribution in [0, 0.1) is 12.8 Å². The molecule has 6 nitrogen and oxygen atoms in total. The Labute approximate surface area is 126 Å². The van der Waals surface area contributed by atoms with Gasteiger partial charge in [-0.2, -0.15) is 5.10 Å². The van der Waals surface area contributed by atoms with Gasteiger partial charge in [-0.25, -0.2) is 0 Å². The number of likely N-dealkylation sites (tertiary alicyclic amines) is 1. The molecule has 1 saturated heterocycles. The first kappa shape index (κ1) is 15.8. The maximum absolute atomic E-state index is 12.2. The minimum atomic E-state index is -0.138. The third kappa shape index (κ3) is 3.97. The molecule has 1 aliphatic rings. The minimum Gasteiger partial charge on any atom is -0.395 e. The van der Waals surface area contributed by atoms with Gasteiger partial charge in [0.05, 0.1) is 11.4 Å². The predicted molar refractivity (Wildman–Crippen MR) is 84.1 cm³/mol. The molecule has 0 saturated carbocycles. The van der Waals surface area contributed by atoms with Crippen LogP contribution < -0.4 is 11.1 Å². The fourth-order valence-electron chi connectivity index (χ4n) is 2.94. The number of anilines is 1. The molecular formula is C15H27N5O. The van der Waals surface area contributed by atoms with Gasteiger partial charge >= 0.3 is 0 Å². The van der Waals surface area contributed by atoms with Gasteiger partial charge in [0.2, 0.25) is 0 Å². The van der Waals surface area contributed by atoms with Crippen molar-refractivity contribution < 1.29 is 4.79 Å². The van der Waals surface area contributed by atoms with Crippen molar-refractivity contribution in [1.82, 2.24) is 20.0 Å². The number of hydrogen-bond acceptors (Lipinski definition) is 4. The van der Waals surface area contributed by atoms with Crippen molar-refractivity contribution in [1.29, 1.82) is 0 Å². The van der Waals surface area contributed by atoms with Gasteiger partial charge in [0.25, 0.3) is 5.91 Å². The lowest BCUT2D eigenvalue weighted by Gasteiger charge is -2.29. The van der Waals surface area contributed by atoms with Gasteiger partial charge in [0.1, 0.15) is 5.69 Å². The SMILES string of the molecule is Cc1nn(C)c(C(=O)NCC(C)CN2CCCCC2)c1N. The second-order valence-corrected chi connectivity index (χ2v) is 6.15. The Kier molecular flexibility index (Phi) is 5.22. The lowest BCUT2D eigenvalue weighted by atomic mass is 10.1. The molecule has 0 radical (unpaired) electrons. The number of amides is 1. The van der Waals surface area contributed by atoms with Crippen molar-refractivity contribution in [3.8, 4) is 0 Å². The smallest absolute Gasteiger partial charge is 0.271 e. The van der Waals surface area contributed by atoms with E-state index in [9.17, 15) is 4.79 Å².